The number of hydrogen-bond acceptors (Lipinski definition) is 3. The second kappa shape index (κ2) is 6.29. The number of methoxy groups -OCH3 is 1. The average molecular weight is 413 g/mol. The summed E-state index contributed by atoms with van der Waals surface area (Å²) in [5.74, 6) is 0.107. The highest BCUT2D eigenvalue weighted by Crippen LogP contribution is 2.33. The number of carbonyl (C=O) groups is 1. The maximum absolute atomic E-state index is 13.0. The van der Waals surface area contributed by atoms with Crippen LogP contribution < -0.4 is 15.5 Å². The molecule has 0 aliphatic carbocycles. The number of nitrogens with one attached hydrogen (secondary N) is 1. The fraction of sp³-hybridized carbons (Fsp3) is 0.200. The predicted octanol–water partition coefficient (Wildman–Crippen LogP) is 4.14. The average Bonchev–Trinajstić information content (AvgIpc) is 2.93. The van der Waals surface area contributed by atoms with Crippen LogP contribution in [0.1, 0.15) is 28.9 Å². The number of pyridine rings is 1. The topological polar surface area (TPSA) is 60.3 Å². The molecule has 3 aromatic rings. The van der Waals surface area contributed by atoms with Crippen molar-refractivity contribution in [1.29, 1.82) is 0 Å². The molecule has 1 aromatic heterocycles. The number of nitrogens with zero attached hydrogens (tertiary/aromatic N) is 1. The third kappa shape index (κ3) is 2.61. The first-order valence-corrected chi connectivity index (χ1v) is 9.10. The van der Waals surface area contributed by atoms with Crippen LogP contribution in [-0.4, -0.2) is 17.6 Å². The summed E-state index contributed by atoms with van der Waals surface area (Å²) in [5.41, 5.74) is 2.43. The smallest absolute Gasteiger partial charge is 0.261 e. The predicted molar refractivity (Wildman–Crippen MR) is 105 cm³/mol. The lowest BCUT2D eigenvalue weighted by atomic mass is 10.1. The number of anilines is 1. The second-order valence-corrected chi connectivity index (χ2v) is 7.36. The number of benzene rings is 2. The Morgan fingerprint density at radius 2 is 2.08 bits per heavy atom. The van der Waals surface area contributed by atoms with Crippen molar-refractivity contribution < 1.29 is 9.53 Å². The Bertz CT molecular complexity index is 1100. The van der Waals surface area contributed by atoms with Gasteiger partial charge in [-0.15, -0.1) is 0 Å². The second-order valence-electron chi connectivity index (χ2n) is 6.45. The van der Waals surface area contributed by atoms with Crippen LogP contribution in [-0.2, 0) is 6.42 Å². The molecule has 2 aromatic carbocycles. The van der Waals surface area contributed by atoms with Gasteiger partial charge in [0.2, 0.25) is 5.43 Å². The third-order valence-electron chi connectivity index (χ3n) is 4.76. The normalized spacial score (nSPS) is 15.3. The Morgan fingerprint density at radius 3 is 2.85 bits per heavy atom. The molecule has 6 heteroatoms. The van der Waals surface area contributed by atoms with Crippen LogP contribution in [0.15, 0.2) is 51.9 Å². The molecule has 1 atom stereocenters. The van der Waals surface area contributed by atoms with Gasteiger partial charge in [0.1, 0.15) is 11.3 Å². The molecule has 132 valence electrons. The highest BCUT2D eigenvalue weighted by molar-refractivity contribution is 9.10. The molecule has 2 heterocycles. The molecule has 0 saturated heterocycles. The summed E-state index contributed by atoms with van der Waals surface area (Å²) in [5, 5.41) is 3.35. The summed E-state index contributed by atoms with van der Waals surface area (Å²) >= 11 is 3.47. The molecule has 1 aliphatic heterocycles. The van der Waals surface area contributed by atoms with Crippen LogP contribution >= 0.6 is 15.9 Å². The van der Waals surface area contributed by atoms with Gasteiger partial charge in [0, 0.05) is 22.1 Å². The van der Waals surface area contributed by atoms with Gasteiger partial charge in [-0.25, -0.2) is 0 Å². The summed E-state index contributed by atoms with van der Waals surface area (Å²) in [7, 11) is 1.54. The van der Waals surface area contributed by atoms with Crippen molar-refractivity contribution in [3.8, 4) is 5.75 Å². The molecule has 0 radical (unpaired) electrons. The zero-order chi connectivity index (χ0) is 18.4. The Balaban J connectivity index is 1.84. The fourth-order valence-electron chi connectivity index (χ4n) is 3.56. The van der Waals surface area contributed by atoms with Gasteiger partial charge in [0.05, 0.1) is 18.3 Å². The zero-order valence-corrected chi connectivity index (χ0v) is 16.0. The van der Waals surface area contributed by atoms with E-state index in [1.807, 2.05) is 16.7 Å². The summed E-state index contributed by atoms with van der Waals surface area (Å²) in [4.78, 5) is 25.8. The minimum atomic E-state index is -0.439. The van der Waals surface area contributed by atoms with E-state index in [1.165, 1.54) is 7.11 Å². The van der Waals surface area contributed by atoms with Crippen LogP contribution in [0, 0.1) is 0 Å². The van der Waals surface area contributed by atoms with Gasteiger partial charge in [-0.3, -0.25) is 9.59 Å². The SMILES string of the molecule is COc1ccccc1NC(=O)c1cn2c3c(cc(Br)cc3c1=O)C[C@@H]2C. The Kier molecular flexibility index (Phi) is 4.07. The molecule has 1 aliphatic rings. The molecule has 0 saturated carbocycles. The van der Waals surface area contributed by atoms with E-state index in [1.54, 1.807) is 30.5 Å². The van der Waals surface area contributed by atoms with Gasteiger partial charge in [-0.2, -0.15) is 0 Å². The third-order valence-corrected chi connectivity index (χ3v) is 5.22. The van der Waals surface area contributed by atoms with Crippen molar-refractivity contribution >= 4 is 38.4 Å². The molecule has 1 N–H and O–H groups in total. The number of ether oxygens (including phenoxy) is 1. The number of hydrogen-bond donors (Lipinski definition) is 1. The van der Waals surface area contributed by atoms with Gasteiger partial charge in [-0.1, -0.05) is 28.1 Å². The number of para-hydroxylation sites is 2. The summed E-state index contributed by atoms with van der Waals surface area (Å²) in [6.07, 6.45) is 2.51. The molecule has 0 unspecified atom stereocenters. The highest BCUT2D eigenvalue weighted by Gasteiger charge is 2.25. The maximum atomic E-state index is 13.0. The quantitative estimate of drug-likeness (QED) is 0.702. The van der Waals surface area contributed by atoms with Crippen molar-refractivity contribution in [2.45, 2.75) is 19.4 Å². The molecule has 4 rings (SSSR count). The largest absolute Gasteiger partial charge is 0.495 e. The Hall–Kier alpha value is -2.60. The molecular weight excluding hydrogens is 396 g/mol. The van der Waals surface area contributed by atoms with E-state index in [2.05, 4.69) is 28.2 Å². The van der Waals surface area contributed by atoms with Crippen LogP contribution in [0.25, 0.3) is 10.9 Å². The highest BCUT2D eigenvalue weighted by atomic mass is 79.9. The fourth-order valence-corrected chi connectivity index (χ4v) is 4.07. The van der Waals surface area contributed by atoms with Crippen molar-refractivity contribution in [3.05, 3.63) is 68.4 Å². The van der Waals surface area contributed by atoms with E-state index in [0.717, 1.165) is 22.0 Å². The molecule has 1 amide bonds. The first-order chi connectivity index (χ1) is 12.5. The van der Waals surface area contributed by atoms with E-state index in [9.17, 15) is 9.59 Å². The molecule has 0 spiro atoms. The molecule has 5 nitrogen and oxygen atoms in total. The lowest BCUT2D eigenvalue weighted by Gasteiger charge is -2.14. The van der Waals surface area contributed by atoms with Gasteiger partial charge >= 0.3 is 0 Å². The standard InChI is InChI=1S/C20H17BrN2O3/c1-11-7-12-8-13(21)9-14-18(12)23(11)10-15(19(14)24)20(25)22-16-5-3-4-6-17(16)26-2/h3-6,8-11H,7H2,1-2H3,(H,22,25)/t11-/m0/s1. The zero-order valence-electron chi connectivity index (χ0n) is 14.4. The molecule has 26 heavy (non-hydrogen) atoms. The number of rotatable bonds is 3. The summed E-state index contributed by atoms with van der Waals surface area (Å²) < 4.78 is 8.14. The van der Waals surface area contributed by atoms with Crippen molar-refractivity contribution in [2.24, 2.45) is 0 Å². The van der Waals surface area contributed by atoms with E-state index in [0.29, 0.717) is 16.8 Å². The van der Waals surface area contributed by atoms with E-state index >= 15 is 0 Å². The minimum Gasteiger partial charge on any atom is -0.495 e. The van der Waals surface area contributed by atoms with Crippen LogP contribution in [0.2, 0.25) is 0 Å². The van der Waals surface area contributed by atoms with Gasteiger partial charge < -0.3 is 14.6 Å². The van der Waals surface area contributed by atoms with Crippen LogP contribution in [0.4, 0.5) is 5.69 Å². The number of amides is 1. The van der Waals surface area contributed by atoms with Gasteiger partial charge in [-0.05, 0) is 43.2 Å². The monoisotopic (exact) mass is 412 g/mol. The molecular formula is C20H17BrN2O3. The minimum absolute atomic E-state index is 0.126. The Morgan fingerprint density at radius 1 is 1.31 bits per heavy atom. The van der Waals surface area contributed by atoms with E-state index in [-0.39, 0.29) is 17.0 Å². The van der Waals surface area contributed by atoms with Crippen molar-refractivity contribution in [2.75, 3.05) is 12.4 Å². The molecule has 0 bridgehead atoms. The first-order valence-electron chi connectivity index (χ1n) is 8.31. The van der Waals surface area contributed by atoms with Crippen molar-refractivity contribution in [3.63, 3.8) is 0 Å². The number of carbonyl (C=O) groups excluding carboxylic acids is 1. The van der Waals surface area contributed by atoms with Gasteiger partial charge in [0.25, 0.3) is 5.91 Å². The van der Waals surface area contributed by atoms with Crippen molar-refractivity contribution in [1.82, 2.24) is 4.57 Å². The first kappa shape index (κ1) is 16.8. The summed E-state index contributed by atoms with van der Waals surface area (Å²) in [6, 6.07) is 11.1. The lowest BCUT2D eigenvalue weighted by molar-refractivity contribution is 0.102. The lowest BCUT2D eigenvalue weighted by Crippen LogP contribution is -2.24. The number of aromatic nitrogens is 1. The maximum Gasteiger partial charge on any atom is 0.261 e. The van der Waals surface area contributed by atoms with Crippen LogP contribution in [0.5, 0.6) is 5.75 Å². The van der Waals surface area contributed by atoms with E-state index < -0.39 is 5.91 Å². The summed E-state index contributed by atoms with van der Waals surface area (Å²) in [6.45, 7) is 2.08. The van der Waals surface area contributed by atoms with Gasteiger partial charge in [0.15, 0.2) is 0 Å². The van der Waals surface area contributed by atoms with Crippen LogP contribution in [0.3, 0.4) is 0 Å². The Labute approximate surface area is 158 Å². The van der Waals surface area contributed by atoms with E-state index in [4.69, 9.17) is 4.74 Å². The molecule has 0 fully saturated rings. The number of halogens is 1.